The van der Waals surface area contributed by atoms with Crippen LogP contribution in [-0.2, 0) is 16.0 Å². The lowest BCUT2D eigenvalue weighted by Gasteiger charge is -2.27. The van der Waals surface area contributed by atoms with Crippen LogP contribution in [0.25, 0.3) is 0 Å². The van der Waals surface area contributed by atoms with Crippen LogP contribution in [0.3, 0.4) is 0 Å². The second-order valence-electron chi connectivity index (χ2n) is 7.28. The number of morpholine rings is 1. The van der Waals surface area contributed by atoms with Gasteiger partial charge in [0.1, 0.15) is 0 Å². The minimum atomic E-state index is -0.148. The van der Waals surface area contributed by atoms with Crippen LogP contribution < -0.4 is 15.8 Å². The van der Waals surface area contributed by atoms with E-state index in [4.69, 9.17) is 4.74 Å². The van der Waals surface area contributed by atoms with Gasteiger partial charge in [0.15, 0.2) is 0 Å². The molecule has 0 spiro atoms. The number of amides is 1. The van der Waals surface area contributed by atoms with E-state index in [1.165, 1.54) is 6.42 Å². The van der Waals surface area contributed by atoms with Crippen LogP contribution in [0.2, 0.25) is 0 Å². The van der Waals surface area contributed by atoms with Crippen LogP contribution in [-0.4, -0.2) is 72.8 Å². The molecule has 8 nitrogen and oxygen atoms in total. The number of hydrogen-bond acceptors (Lipinski definition) is 6. The molecule has 1 aromatic rings. The Hall–Kier alpha value is -1.93. The number of nitrogens with zero attached hydrogens (tertiary/aromatic N) is 3. The Balaban J connectivity index is 1.52. The van der Waals surface area contributed by atoms with Gasteiger partial charge >= 0.3 is 0 Å². The number of anilines is 1. The Bertz CT molecular complexity index is 699. The number of carbonyl (C=O) groups is 1. The highest BCUT2D eigenvalue weighted by Crippen LogP contribution is 2.15. The average molecular weight is 377 g/mol. The zero-order valence-corrected chi connectivity index (χ0v) is 16.4. The molecule has 8 heteroatoms. The third kappa shape index (κ3) is 5.07. The Morgan fingerprint density at radius 3 is 2.81 bits per heavy atom. The summed E-state index contributed by atoms with van der Waals surface area (Å²) in [6.45, 7) is 9.55. The van der Waals surface area contributed by atoms with E-state index >= 15 is 0 Å². The van der Waals surface area contributed by atoms with Gasteiger partial charge in [-0.25, -0.2) is 4.98 Å². The van der Waals surface area contributed by atoms with Gasteiger partial charge in [0.25, 0.3) is 5.56 Å². The monoisotopic (exact) mass is 377 g/mol. The van der Waals surface area contributed by atoms with Crippen molar-refractivity contribution in [3.05, 3.63) is 21.6 Å². The third-order valence-electron chi connectivity index (χ3n) is 5.56. The van der Waals surface area contributed by atoms with Gasteiger partial charge in [0.05, 0.1) is 13.2 Å². The molecular formula is C19H31N5O3. The summed E-state index contributed by atoms with van der Waals surface area (Å²) in [4.78, 5) is 36.5. The summed E-state index contributed by atoms with van der Waals surface area (Å²) in [5, 5.41) is 3.03. The Kier molecular flexibility index (Phi) is 6.84. The van der Waals surface area contributed by atoms with Crippen molar-refractivity contribution in [3.8, 4) is 0 Å². The molecule has 1 amide bonds. The molecular weight excluding hydrogens is 346 g/mol. The largest absolute Gasteiger partial charge is 0.378 e. The first-order valence-electron chi connectivity index (χ1n) is 10.0. The molecule has 0 aromatic carbocycles. The predicted octanol–water partition coefficient (Wildman–Crippen LogP) is 0.448. The summed E-state index contributed by atoms with van der Waals surface area (Å²) >= 11 is 0. The minimum absolute atomic E-state index is 0.00555. The summed E-state index contributed by atoms with van der Waals surface area (Å²) in [7, 11) is 0. The molecule has 1 aromatic heterocycles. The SMILES string of the molecule is CCN1CCCC1CNC(=O)CCc1c(C)nc(N2CCOCC2)[nH]c1=O. The summed E-state index contributed by atoms with van der Waals surface area (Å²) in [6.07, 6.45) is 3.05. The molecule has 1 unspecified atom stereocenters. The summed E-state index contributed by atoms with van der Waals surface area (Å²) in [5.74, 6) is 0.587. The van der Waals surface area contributed by atoms with Crippen LogP contribution in [0.5, 0.6) is 0 Å². The molecule has 0 bridgehead atoms. The van der Waals surface area contributed by atoms with Crippen LogP contribution in [0.4, 0.5) is 5.95 Å². The lowest BCUT2D eigenvalue weighted by molar-refractivity contribution is -0.121. The molecule has 3 heterocycles. The molecule has 2 N–H and O–H groups in total. The number of likely N-dealkylation sites (N-methyl/N-ethyl adjacent to an activating group) is 1. The van der Waals surface area contributed by atoms with Crippen molar-refractivity contribution in [1.82, 2.24) is 20.2 Å². The van der Waals surface area contributed by atoms with Crippen molar-refractivity contribution in [2.24, 2.45) is 0 Å². The fraction of sp³-hybridized carbons (Fsp3) is 0.737. The zero-order chi connectivity index (χ0) is 19.2. The quantitative estimate of drug-likeness (QED) is 0.717. The molecule has 1 atom stereocenters. The lowest BCUT2D eigenvalue weighted by atomic mass is 10.1. The van der Waals surface area contributed by atoms with Crippen molar-refractivity contribution < 1.29 is 9.53 Å². The molecule has 2 saturated heterocycles. The van der Waals surface area contributed by atoms with Crippen LogP contribution in [0, 0.1) is 6.92 Å². The number of aryl methyl sites for hydroxylation is 1. The predicted molar refractivity (Wildman–Crippen MR) is 104 cm³/mol. The highest BCUT2D eigenvalue weighted by molar-refractivity contribution is 5.76. The van der Waals surface area contributed by atoms with Gasteiger partial charge in [-0.1, -0.05) is 6.92 Å². The van der Waals surface area contributed by atoms with Gasteiger partial charge in [0.2, 0.25) is 11.9 Å². The third-order valence-corrected chi connectivity index (χ3v) is 5.56. The van der Waals surface area contributed by atoms with Gasteiger partial charge < -0.3 is 15.0 Å². The fourth-order valence-corrected chi connectivity index (χ4v) is 3.92. The zero-order valence-electron chi connectivity index (χ0n) is 16.4. The molecule has 2 aliphatic heterocycles. The number of carbonyl (C=O) groups excluding carboxylic acids is 1. The summed E-state index contributed by atoms with van der Waals surface area (Å²) < 4.78 is 5.33. The minimum Gasteiger partial charge on any atom is -0.378 e. The Morgan fingerprint density at radius 2 is 2.11 bits per heavy atom. The van der Waals surface area contributed by atoms with E-state index in [1.54, 1.807) is 0 Å². The number of nitrogens with one attached hydrogen (secondary N) is 2. The van der Waals surface area contributed by atoms with Crippen LogP contribution in [0.15, 0.2) is 4.79 Å². The second-order valence-corrected chi connectivity index (χ2v) is 7.28. The van der Waals surface area contributed by atoms with Gasteiger partial charge in [-0.05, 0) is 39.3 Å². The number of rotatable bonds is 7. The van der Waals surface area contributed by atoms with Gasteiger partial charge in [-0.15, -0.1) is 0 Å². The summed E-state index contributed by atoms with van der Waals surface area (Å²) in [5.41, 5.74) is 1.14. The molecule has 2 fully saturated rings. The maximum absolute atomic E-state index is 12.5. The summed E-state index contributed by atoms with van der Waals surface area (Å²) in [6, 6.07) is 0.443. The van der Waals surface area contributed by atoms with Crippen LogP contribution >= 0.6 is 0 Å². The number of H-pyrrole nitrogens is 1. The highest BCUT2D eigenvalue weighted by Gasteiger charge is 2.23. The first kappa shape index (κ1) is 19.8. The average Bonchev–Trinajstić information content (AvgIpc) is 3.14. The van der Waals surface area contributed by atoms with Crippen molar-refractivity contribution in [1.29, 1.82) is 0 Å². The Labute approximate surface area is 160 Å². The molecule has 0 radical (unpaired) electrons. The number of hydrogen-bond donors (Lipinski definition) is 2. The second kappa shape index (κ2) is 9.32. The molecule has 0 aliphatic carbocycles. The molecule has 0 saturated carbocycles. The number of ether oxygens (including phenoxy) is 1. The molecule has 3 rings (SSSR count). The number of likely N-dealkylation sites (tertiary alicyclic amines) is 1. The Morgan fingerprint density at radius 1 is 1.33 bits per heavy atom. The molecule has 2 aliphatic rings. The van der Waals surface area contributed by atoms with Crippen molar-refractivity contribution in [2.45, 2.75) is 45.6 Å². The standard InChI is InChI=1S/C19H31N5O3/c1-3-23-8-4-5-15(23)13-20-17(25)7-6-16-14(2)21-19(22-18(16)26)24-9-11-27-12-10-24/h15H,3-13H2,1-2H3,(H,20,25)(H,21,22,26). The van der Waals surface area contributed by atoms with E-state index in [2.05, 4.69) is 27.1 Å². The first-order chi connectivity index (χ1) is 13.1. The van der Waals surface area contributed by atoms with Crippen molar-refractivity contribution >= 4 is 11.9 Å². The van der Waals surface area contributed by atoms with E-state index < -0.39 is 0 Å². The smallest absolute Gasteiger partial charge is 0.255 e. The highest BCUT2D eigenvalue weighted by atomic mass is 16.5. The van der Waals surface area contributed by atoms with E-state index in [-0.39, 0.29) is 11.5 Å². The van der Waals surface area contributed by atoms with E-state index in [0.29, 0.717) is 55.8 Å². The maximum Gasteiger partial charge on any atom is 0.255 e. The van der Waals surface area contributed by atoms with Crippen molar-refractivity contribution in [2.75, 3.05) is 50.8 Å². The first-order valence-corrected chi connectivity index (χ1v) is 10.0. The van der Waals surface area contributed by atoms with E-state index in [9.17, 15) is 9.59 Å². The molecule has 27 heavy (non-hydrogen) atoms. The van der Waals surface area contributed by atoms with Crippen LogP contribution in [0.1, 0.15) is 37.4 Å². The molecule has 150 valence electrons. The lowest BCUT2D eigenvalue weighted by Crippen LogP contribution is -2.40. The topological polar surface area (TPSA) is 90.6 Å². The van der Waals surface area contributed by atoms with E-state index in [1.807, 2.05) is 11.8 Å². The van der Waals surface area contributed by atoms with Crippen molar-refractivity contribution in [3.63, 3.8) is 0 Å². The van der Waals surface area contributed by atoms with Gasteiger partial charge in [0, 0.05) is 43.4 Å². The normalized spacial score (nSPS) is 20.8. The van der Waals surface area contributed by atoms with Gasteiger partial charge in [-0.2, -0.15) is 0 Å². The van der Waals surface area contributed by atoms with E-state index in [0.717, 1.165) is 32.6 Å². The van der Waals surface area contributed by atoms with Gasteiger partial charge in [-0.3, -0.25) is 19.5 Å². The number of aromatic amines is 1. The maximum atomic E-state index is 12.5. The number of aromatic nitrogens is 2. The fourth-order valence-electron chi connectivity index (χ4n) is 3.92.